The van der Waals surface area contributed by atoms with E-state index in [4.69, 9.17) is 34.0 Å². The first-order chi connectivity index (χ1) is 17.4. The summed E-state index contributed by atoms with van der Waals surface area (Å²) in [5, 5.41) is 5.81. The third-order valence-corrected chi connectivity index (χ3v) is 7.61. The lowest BCUT2D eigenvalue weighted by Gasteiger charge is -2.32. The molecule has 5 rings (SSSR count). The zero-order valence-corrected chi connectivity index (χ0v) is 22.1. The summed E-state index contributed by atoms with van der Waals surface area (Å²) in [6.45, 7) is 8.18. The number of nitrogens with two attached hydrogens (primary N) is 1. The van der Waals surface area contributed by atoms with Crippen LogP contribution < -0.4 is 5.73 Å². The van der Waals surface area contributed by atoms with Crippen molar-refractivity contribution in [1.82, 2.24) is 24.6 Å². The van der Waals surface area contributed by atoms with E-state index < -0.39 is 0 Å². The van der Waals surface area contributed by atoms with Gasteiger partial charge < -0.3 is 10.6 Å². The third-order valence-electron chi connectivity index (χ3n) is 6.79. The number of likely N-dealkylation sites (N-methyl/N-ethyl adjacent to an activating group) is 1. The van der Waals surface area contributed by atoms with E-state index in [1.807, 2.05) is 36.1 Å². The maximum Gasteiger partial charge on any atom is 0.132 e. The first-order valence-electron chi connectivity index (χ1n) is 12.2. The maximum atomic E-state index is 6.58. The van der Waals surface area contributed by atoms with Crippen LogP contribution >= 0.6 is 23.2 Å². The van der Waals surface area contributed by atoms with Crippen LogP contribution in [0, 0.1) is 0 Å². The second-order valence-electron chi connectivity index (χ2n) is 9.28. The topological polar surface area (TPSA) is 63.2 Å². The highest BCUT2D eigenvalue weighted by Crippen LogP contribution is 2.40. The van der Waals surface area contributed by atoms with Crippen molar-refractivity contribution in [2.45, 2.75) is 20.0 Å². The summed E-state index contributed by atoms with van der Waals surface area (Å²) in [4.78, 5) is 9.40. The monoisotopic (exact) mass is 520 g/mol. The molecule has 1 aliphatic rings. The van der Waals surface area contributed by atoms with Gasteiger partial charge in [0, 0.05) is 73.9 Å². The lowest BCUT2D eigenvalue weighted by atomic mass is 9.99. The molecule has 0 aliphatic carbocycles. The number of rotatable bonds is 6. The Morgan fingerprint density at radius 1 is 0.917 bits per heavy atom. The minimum Gasteiger partial charge on any atom is -0.383 e. The zero-order valence-electron chi connectivity index (χ0n) is 20.6. The number of pyridine rings is 1. The van der Waals surface area contributed by atoms with Crippen molar-refractivity contribution in [1.29, 1.82) is 0 Å². The number of aryl methyl sites for hydroxylation is 1. The predicted molar refractivity (Wildman–Crippen MR) is 149 cm³/mol. The molecule has 2 aromatic heterocycles. The van der Waals surface area contributed by atoms with Crippen LogP contribution in [-0.4, -0.2) is 57.8 Å². The molecule has 0 amide bonds. The Morgan fingerprint density at radius 2 is 1.67 bits per heavy atom. The molecule has 3 heterocycles. The van der Waals surface area contributed by atoms with Gasteiger partial charge in [-0.15, -0.1) is 0 Å². The van der Waals surface area contributed by atoms with Crippen LogP contribution in [-0.2, 0) is 13.1 Å². The van der Waals surface area contributed by atoms with Crippen LogP contribution in [0.2, 0.25) is 10.0 Å². The number of nitrogen functional groups attached to an aromatic ring is 1. The van der Waals surface area contributed by atoms with E-state index in [1.54, 1.807) is 6.07 Å². The molecule has 1 aliphatic heterocycles. The van der Waals surface area contributed by atoms with Crippen LogP contribution in [0.3, 0.4) is 0 Å². The molecule has 0 atom stereocenters. The summed E-state index contributed by atoms with van der Waals surface area (Å²) in [6, 6.07) is 16.4. The molecule has 36 heavy (non-hydrogen) atoms. The van der Waals surface area contributed by atoms with Gasteiger partial charge in [-0.05, 0) is 37.2 Å². The number of hydrogen-bond acceptors (Lipinski definition) is 5. The second kappa shape index (κ2) is 10.6. The fraction of sp³-hybridized carbons (Fsp3) is 0.286. The van der Waals surface area contributed by atoms with Crippen molar-refractivity contribution in [3.8, 4) is 33.5 Å². The average molecular weight is 521 g/mol. The molecule has 1 fully saturated rings. The molecule has 0 radical (unpaired) electrons. The van der Waals surface area contributed by atoms with Gasteiger partial charge in [-0.25, -0.2) is 4.98 Å². The number of aromatic nitrogens is 3. The molecule has 6 nitrogen and oxygen atoms in total. The van der Waals surface area contributed by atoms with Crippen LogP contribution in [0.4, 0.5) is 5.82 Å². The second-order valence-corrected chi connectivity index (χ2v) is 10.1. The van der Waals surface area contributed by atoms with Gasteiger partial charge in [-0.2, -0.15) is 5.10 Å². The molecule has 0 bridgehead atoms. The number of halogens is 2. The van der Waals surface area contributed by atoms with Crippen LogP contribution in [0.5, 0.6) is 0 Å². The summed E-state index contributed by atoms with van der Waals surface area (Å²) in [5.41, 5.74) is 13.0. The summed E-state index contributed by atoms with van der Waals surface area (Å²) in [6.07, 6.45) is 3.79. The van der Waals surface area contributed by atoms with Crippen molar-refractivity contribution in [2.75, 3.05) is 39.0 Å². The molecule has 2 aromatic carbocycles. The Labute approximate surface area is 222 Å². The largest absolute Gasteiger partial charge is 0.383 e. The SMILES string of the molecule is CCn1cc(-c2cccc(Cl)c2Cl)c(-c2cc(-c3ccc(CN4CCN(C)CC4)cc3)cnc2N)n1. The molecule has 0 saturated carbocycles. The summed E-state index contributed by atoms with van der Waals surface area (Å²) in [5.74, 6) is 0.422. The fourth-order valence-electron chi connectivity index (χ4n) is 4.58. The highest BCUT2D eigenvalue weighted by molar-refractivity contribution is 6.43. The van der Waals surface area contributed by atoms with Crippen molar-refractivity contribution < 1.29 is 0 Å². The first-order valence-corrected chi connectivity index (χ1v) is 13.0. The summed E-state index contributed by atoms with van der Waals surface area (Å²) >= 11 is 12.9. The van der Waals surface area contributed by atoms with E-state index in [9.17, 15) is 0 Å². The van der Waals surface area contributed by atoms with Crippen LogP contribution in [0.25, 0.3) is 33.5 Å². The Morgan fingerprint density at radius 3 is 2.39 bits per heavy atom. The van der Waals surface area contributed by atoms with Crippen LogP contribution in [0.1, 0.15) is 12.5 Å². The highest BCUT2D eigenvalue weighted by atomic mass is 35.5. The van der Waals surface area contributed by atoms with E-state index in [1.165, 1.54) is 5.56 Å². The minimum absolute atomic E-state index is 0.422. The molecular formula is C28H30Cl2N6. The van der Waals surface area contributed by atoms with E-state index in [2.05, 4.69) is 52.2 Å². The smallest absolute Gasteiger partial charge is 0.132 e. The van der Waals surface area contributed by atoms with Gasteiger partial charge in [0.05, 0.1) is 10.0 Å². The number of piperazine rings is 1. The third kappa shape index (κ3) is 5.13. The molecule has 2 N–H and O–H groups in total. The molecular weight excluding hydrogens is 491 g/mol. The maximum absolute atomic E-state index is 6.58. The molecule has 4 aromatic rings. The summed E-state index contributed by atoms with van der Waals surface area (Å²) in [7, 11) is 2.18. The fourth-order valence-corrected chi connectivity index (χ4v) is 4.98. The van der Waals surface area contributed by atoms with Gasteiger partial charge in [0.25, 0.3) is 0 Å². The highest BCUT2D eigenvalue weighted by Gasteiger charge is 2.20. The van der Waals surface area contributed by atoms with Gasteiger partial charge in [-0.3, -0.25) is 9.58 Å². The predicted octanol–water partition coefficient (Wildman–Crippen LogP) is 5.94. The Kier molecular flexibility index (Phi) is 7.30. The number of nitrogens with zero attached hydrogens (tertiary/aromatic N) is 5. The lowest BCUT2D eigenvalue weighted by Crippen LogP contribution is -2.43. The molecule has 1 saturated heterocycles. The summed E-state index contributed by atoms with van der Waals surface area (Å²) < 4.78 is 1.88. The number of hydrogen-bond donors (Lipinski definition) is 1. The van der Waals surface area contributed by atoms with Crippen molar-refractivity contribution >= 4 is 29.0 Å². The van der Waals surface area contributed by atoms with Gasteiger partial charge in [0.15, 0.2) is 0 Å². The van der Waals surface area contributed by atoms with E-state index >= 15 is 0 Å². The quantitative estimate of drug-likeness (QED) is 0.341. The normalized spacial score (nSPS) is 14.9. The minimum atomic E-state index is 0.422. The number of anilines is 1. The molecule has 186 valence electrons. The number of benzene rings is 2. The lowest BCUT2D eigenvalue weighted by molar-refractivity contribution is 0.148. The average Bonchev–Trinajstić information content (AvgIpc) is 3.32. The Bertz CT molecular complexity index is 1360. The first kappa shape index (κ1) is 24.8. The van der Waals surface area contributed by atoms with Gasteiger partial charge in [0.1, 0.15) is 11.5 Å². The molecule has 0 spiro atoms. The molecule has 8 heteroatoms. The Hall–Kier alpha value is -2.90. The van der Waals surface area contributed by atoms with Crippen molar-refractivity contribution in [3.05, 3.63) is 76.5 Å². The molecule has 0 unspecified atom stereocenters. The van der Waals surface area contributed by atoms with Gasteiger partial charge in [0.2, 0.25) is 0 Å². The standard InChI is InChI=1S/C28H30Cl2N6/c1-3-36-18-24(22-5-4-6-25(29)26(22)30)27(33-36)23-15-21(16-32-28(23)31)20-9-7-19(8-10-20)17-35-13-11-34(2)12-14-35/h4-10,15-16,18H,3,11-14,17H2,1-2H3,(H2,31,32). The zero-order chi connectivity index (χ0) is 25.2. The van der Waals surface area contributed by atoms with Crippen molar-refractivity contribution in [3.63, 3.8) is 0 Å². The van der Waals surface area contributed by atoms with Gasteiger partial charge in [-0.1, -0.05) is 59.6 Å². The van der Waals surface area contributed by atoms with E-state index in [0.717, 1.165) is 66.2 Å². The van der Waals surface area contributed by atoms with Crippen LogP contribution in [0.15, 0.2) is 60.9 Å². The van der Waals surface area contributed by atoms with E-state index in [0.29, 0.717) is 22.4 Å². The van der Waals surface area contributed by atoms with Crippen molar-refractivity contribution in [2.24, 2.45) is 0 Å². The van der Waals surface area contributed by atoms with E-state index in [-0.39, 0.29) is 0 Å². The Balaban J connectivity index is 1.47. The van der Waals surface area contributed by atoms with Gasteiger partial charge >= 0.3 is 0 Å².